The molecule has 10 heavy (non-hydrogen) atoms. The van der Waals surface area contributed by atoms with Crippen molar-refractivity contribution < 1.29 is 0 Å². The highest BCUT2D eigenvalue weighted by Gasteiger charge is 1.95. The second kappa shape index (κ2) is 1.80. The number of hydrogen-bond donors (Lipinski definition) is 0. The van der Waals surface area contributed by atoms with Crippen LogP contribution in [0.3, 0.4) is 0 Å². The Morgan fingerprint density at radius 1 is 1.60 bits per heavy atom. The Morgan fingerprint density at radius 3 is 3.30 bits per heavy atom. The van der Waals surface area contributed by atoms with Gasteiger partial charge in [-0.1, -0.05) is 0 Å². The van der Waals surface area contributed by atoms with E-state index in [0.29, 0.717) is 5.78 Å². The number of rotatable bonds is 0. The summed E-state index contributed by atoms with van der Waals surface area (Å²) in [6, 6.07) is 1.87. The summed E-state index contributed by atoms with van der Waals surface area (Å²) in [6.45, 7) is 1.95. The van der Waals surface area contributed by atoms with Crippen molar-refractivity contribution in [1.82, 2.24) is 14.4 Å². The summed E-state index contributed by atoms with van der Waals surface area (Å²) in [5, 5.41) is 0. The van der Waals surface area contributed by atoms with E-state index in [1.807, 2.05) is 23.6 Å². The van der Waals surface area contributed by atoms with Gasteiger partial charge in [-0.05, 0) is 13.0 Å². The molecule has 0 aliphatic rings. The highest BCUT2D eigenvalue weighted by molar-refractivity contribution is 5.28. The van der Waals surface area contributed by atoms with Gasteiger partial charge in [-0.2, -0.15) is 0 Å². The molecule has 49 valence electrons. The van der Waals surface area contributed by atoms with Crippen molar-refractivity contribution in [1.29, 1.82) is 0 Å². The molecule has 2 aromatic heterocycles. The third-order valence-corrected chi connectivity index (χ3v) is 1.41. The summed E-state index contributed by atoms with van der Waals surface area (Å²) in [5.74, 6) is 0.708. The van der Waals surface area contributed by atoms with Gasteiger partial charge in [0.05, 0.1) is 5.69 Å². The van der Waals surface area contributed by atoms with Gasteiger partial charge in [0.2, 0.25) is 5.78 Å². The number of aryl methyl sites for hydroxylation is 1. The van der Waals surface area contributed by atoms with Crippen molar-refractivity contribution >= 4 is 5.78 Å². The van der Waals surface area contributed by atoms with Crippen molar-refractivity contribution in [2.24, 2.45) is 0 Å². The average molecular weight is 132 g/mol. The molecule has 3 heteroatoms. The number of fused-ring (bicyclic) bond motifs is 1. The van der Waals surface area contributed by atoms with Gasteiger partial charge in [0, 0.05) is 12.4 Å². The first-order valence-corrected chi connectivity index (χ1v) is 3.05. The predicted molar refractivity (Wildman–Crippen MR) is 36.6 cm³/mol. The number of imidazole rings is 1. The highest BCUT2D eigenvalue weighted by atomic mass is 15.1. The smallest absolute Gasteiger partial charge is 0.234 e. The monoisotopic (exact) mass is 132 g/mol. The van der Waals surface area contributed by atoms with Crippen molar-refractivity contribution in [3.05, 3.63) is 30.4 Å². The van der Waals surface area contributed by atoms with Crippen LogP contribution in [0.15, 0.2) is 18.5 Å². The van der Waals surface area contributed by atoms with Gasteiger partial charge in [0.25, 0.3) is 0 Å². The van der Waals surface area contributed by atoms with E-state index >= 15 is 0 Å². The first kappa shape index (κ1) is 5.41. The molecule has 1 radical (unpaired) electrons. The lowest BCUT2D eigenvalue weighted by molar-refractivity contribution is 1.06. The Labute approximate surface area is 58.4 Å². The summed E-state index contributed by atoms with van der Waals surface area (Å²) in [6.07, 6.45) is 6.46. The first-order valence-electron chi connectivity index (χ1n) is 3.05. The molecular formula is C7H6N3. The Bertz CT molecular complexity index is 350. The SMILES string of the molecule is Cc1[c]nc2ncccn12. The van der Waals surface area contributed by atoms with E-state index in [1.54, 1.807) is 6.20 Å². The van der Waals surface area contributed by atoms with E-state index in [2.05, 4.69) is 16.2 Å². The summed E-state index contributed by atoms with van der Waals surface area (Å²) >= 11 is 0. The zero-order chi connectivity index (χ0) is 6.97. The average Bonchev–Trinajstić information content (AvgIpc) is 2.34. The molecule has 2 heterocycles. The zero-order valence-electron chi connectivity index (χ0n) is 5.57. The molecule has 0 aliphatic heterocycles. The minimum absolute atomic E-state index is 0.708. The first-order chi connectivity index (χ1) is 4.88. The summed E-state index contributed by atoms with van der Waals surface area (Å²) < 4.78 is 1.89. The van der Waals surface area contributed by atoms with Crippen LogP contribution in [0.4, 0.5) is 0 Å². The van der Waals surface area contributed by atoms with E-state index in [4.69, 9.17) is 0 Å². The Morgan fingerprint density at radius 2 is 2.50 bits per heavy atom. The van der Waals surface area contributed by atoms with Crippen LogP contribution in [-0.2, 0) is 0 Å². The van der Waals surface area contributed by atoms with Crippen LogP contribution in [0, 0.1) is 13.1 Å². The Kier molecular flexibility index (Phi) is 0.974. The summed E-state index contributed by atoms with van der Waals surface area (Å²) in [4.78, 5) is 7.97. The molecule has 0 spiro atoms. The maximum absolute atomic E-state index is 4.02. The van der Waals surface area contributed by atoms with Crippen molar-refractivity contribution in [3.63, 3.8) is 0 Å². The number of hydrogen-bond acceptors (Lipinski definition) is 2. The van der Waals surface area contributed by atoms with Crippen LogP contribution in [0.2, 0.25) is 0 Å². The Hall–Kier alpha value is -1.38. The van der Waals surface area contributed by atoms with Crippen molar-refractivity contribution in [2.45, 2.75) is 6.92 Å². The largest absolute Gasteiger partial charge is 0.288 e. The quantitative estimate of drug-likeness (QED) is 0.531. The maximum Gasteiger partial charge on any atom is 0.234 e. The molecule has 0 unspecified atom stereocenters. The fourth-order valence-corrected chi connectivity index (χ4v) is 0.892. The van der Waals surface area contributed by atoms with E-state index in [0.717, 1.165) is 5.69 Å². The molecule has 0 N–H and O–H groups in total. The summed E-state index contributed by atoms with van der Waals surface area (Å²) in [5.41, 5.74) is 0.989. The van der Waals surface area contributed by atoms with Crippen LogP contribution in [-0.4, -0.2) is 14.4 Å². The molecule has 0 amide bonds. The van der Waals surface area contributed by atoms with Gasteiger partial charge in [-0.3, -0.25) is 4.40 Å². The third kappa shape index (κ3) is 0.603. The highest BCUT2D eigenvalue weighted by Crippen LogP contribution is 1.98. The third-order valence-electron chi connectivity index (χ3n) is 1.41. The van der Waals surface area contributed by atoms with Gasteiger partial charge >= 0.3 is 0 Å². The Balaban J connectivity index is 2.93. The molecule has 0 fully saturated rings. The van der Waals surface area contributed by atoms with Crippen LogP contribution in [0.1, 0.15) is 5.69 Å². The van der Waals surface area contributed by atoms with Gasteiger partial charge in [0.1, 0.15) is 6.20 Å². The number of nitrogens with zero attached hydrogens (tertiary/aromatic N) is 3. The molecule has 0 bridgehead atoms. The topological polar surface area (TPSA) is 30.2 Å². The number of aromatic nitrogens is 3. The van der Waals surface area contributed by atoms with Gasteiger partial charge in [-0.25, -0.2) is 9.97 Å². The van der Waals surface area contributed by atoms with Gasteiger partial charge in [0.15, 0.2) is 0 Å². The lowest BCUT2D eigenvalue weighted by Gasteiger charge is -1.90. The minimum atomic E-state index is 0.708. The fraction of sp³-hybridized carbons (Fsp3) is 0.143. The molecule has 0 aromatic carbocycles. The second-order valence-electron chi connectivity index (χ2n) is 2.10. The zero-order valence-corrected chi connectivity index (χ0v) is 5.57. The van der Waals surface area contributed by atoms with Crippen LogP contribution in [0.25, 0.3) is 5.78 Å². The van der Waals surface area contributed by atoms with Gasteiger partial charge < -0.3 is 0 Å². The lowest BCUT2D eigenvalue weighted by Crippen LogP contribution is -1.87. The molecule has 2 aromatic rings. The molecule has 3 nitrogen and oxygen atoms in total. The minimum Gasteiger partial charge on any atom is -0.288 e. The molecule has 2 rings (SSSR count). The fourth-order valence-electron chi connectivity index (χ4n) is 0.892. The normalized spacial score (nSPS) is 10.5. The van der Waals surface area contributed by atoms with E-state index < -0.39 is 0 Å². The van der Waals surface area contributed by atoms with Crippen molar-refractivity contribution in [3.8, 4) is 0 Å². The molecule has 0 saturated heterocycles. The molecule has 0 saturated carbocycles. The van der Waals surface area contributed by atoms with E-state index in [-0.39, 0.29) is 0 Å². The van der Waals surface area contributed by atoms with Crippen LogP contribution in [0.5, 0.6) is 0 Å². The van der Waals surface area contributed by atoms with Crippen LogP contribution >= 0.6 is 0 Å². The maximum atomic E-state index is 4.02. The lowest BCUT2D eigenvalue weighted by atomic mass is 10.5. The van der Waals surface area contributed by atoms with Crippen molar-refractivity contribution in [2.75, 3.05) is 0 Å². The standard InChI is InChI=1S/C7H6N3/c1-6-5-9-7-8-3-2-4-10(6)7/h2-4H,1H3. The molecule has 0 atom stereocenters. The predicted octanol–water partition coefficient (Wildman–Crippen LogP) is 0.838. The molecule has 0 aliphatic carbocycles. The van der Waals surface area contributed by atoms with E-state index in [1.165, 1.54) is 0 Å². The van der Waals surface area contributed by atoms with E-state index in [9.17, 15) is 0 Å². The summed E-state index contributed by atoms with van der Waals surface area (Å²) in [7, 11) is 0. The second-order valence-corrected chi connectivity index (χ2v) is 2.10. The van der Waals surface area contributed by atoms with Gasteiger partial charge in [-0.15, -0.1) is 0 Å². The molecular weight excluding hydrogens is 126 g/mol. The van der Waals surface area contributed by atoms with Crippen LogP contribution < -0.4 is 0 Å².